The first kappa shape index (κ1) is 20.2. The first-order valence-electron chi connectivity index (χ1n) is 10.1. The van der Waals surface area contributed by atoms with Gasteiger partial charge in [-0.25, -0.2) is 8.42 Å². The van der Waals surface area contributed by atoms with Gasteiger partial charge >= 0.3 is 0 Å². The number of hydrogen-bond donors (Lipinski definition) is 1. The van der Waals surface area contributed by atoms with Crippen LogP contribution in [0.1, 0.15) is 17.0 Å². The summed E-state index contributed by atoms with van der Waals surface area (Å²) in [5, 5.41) is 1.87. The summed E-state index contributed by atoms with van der Waals surface area (Å²) in [6, 6.07) is 27.3. The van der Waals surface area contributed by atoms with Crippen LogP contribution in [0.5, 0.6) is 11.5 Å². The first-order valence-corrected chi connectivity index (χ1v) is 11.6. The second-order valence-corrected chi connectivity index (χ2v) is 9.48. The molecule has 1 heterocycles. The van der Waals surface area contributed by atoms with E-state index in [1.165, 1.54) is 0 Å². The molecular formula is C26H21NO4S. The maximum atomic E-state index is 13.7. The molecule has 0 aromatic heterocycles. The average Bonchev–Trinajstić information content (AvgIpc) is 2.83. The fraction of sp³-hybridized carbons (Fsp3) is 0.0769. The van der Waals surface area contributed by atoms with Crippen molar-refractivity contribution in [3.63, 3.8) is 0 Å². The van der Waals surface area contributed by atoms with Crippen LogP contribution in [0.2, 0.25) is 0 Å². The predicted octanol–water partition coefficient (Wildman–Crippen LogP) is 4.97. The quantitative estimate of drug-likeness (QED) is 0.482. The number of nitrogens with two attached hydrogens (primary N) is 1. The molecule has 0 radical (unpaired) electrons. The number of rotatable bonds is 4. The van der Waals surface area contributed by atoms with Crippen molar-refractivity contribution in [1.29, 1.82) is 0 Å². The summed E-state index contributed by atoms with van der Waals surface area (Å²) < 4.78 is 38.8. The third-order valence-electron chi connectivity index (χ3n) is 5.73. The van der Waals surface area contributed by atoms with Gasteiger partial charge in [-0.3, -0.25) is 0 Å². The topological polar surface area (TPSA) is 78.6 Å². The number of methoxy groups -OCH3 is 1. The monoisotopic (exact) mass is 443 g/mol. The molecule has 1 aliphatic rings. The van der Waals surface area contributed by atoms with E-state index in [1.54, 1.807) is 37.4 Å². The maximum absolute atomic E-state index is 13.7. The fourth-order valence-electron chi connectivity index (χ4n) is 4.19. The van der Waals surface area contributed by atoms with Gasteiger partial charge in [-0.05, 0) is 35.2 Å². The van der Waals surface area contributed by atoms with Crippen molar-refractivity contribution in [2.24, 2.45) is 5.73 Å². The van der Waals surface area contributed by atoms with E-state index in [-0.39, 0.29) is 15.7 Å². The molecule has 0 aliphatic carbocycles. The smallest absolute Gasteiger partial charge is 0.208 e. The summed E-state index contributed by atoms with van der Waals surface area (Å²) >= 11 is 0. The van der Waals surface area contributed by atoms with Crippen molar-refractivity contribution >= 4 is 20.6 Å². The van der Waals surface area contributed by atoms with Gasteiger partial charge in [-0.1, -0.05) is 66.7 Å². The zero-order chi connectivity index (χ0) is 22.3. The van der Waals surface area contributed by atoms with Gasteiger partial charge in [0.2, 0.25) is 15.7 Å². The molecule has 0 saturated heterocycles. The highest BCUT2D eigenvalue weighted by molar-refractivity contribution is 7.95. The van der Waals surface area contributed by atoms with Crippen molar-refractivity contribution in [3.05, 3.63) is 113 Å². The zero-order valence-corrected chi connectivity index (χ0v) is 18.2. The summed E-state index contributed by atoms with van der Waals surface area (Å²) in [5.41, 5.74) is 7.87. The molecule has 1 aliphatic heterocycles. The van der Waals surface area contributed by atoms with Crippen LogP contribution >= 0.6 is 0 Å². The Kier molecular flexibility index (Phi) is 4.87. The summed E-state index contributed by atoms with van der Waals surface area (Å²) in [4.78, 5) is 0.209. The molecule has 0 spiro atoms. The molecule has 1 unspecified atom stereocenters. The molecule has 5 nitrogen and oxygen atoms in total. The van der Waals surface area contributed by atoms with Crippen molar-refractivity contribution in [2.45, 2.75) is 10.8 Å². The molecule has 6 heteroatoms. The first-order chi connectivity index (χ1) is 15.5. The Morgan fingerprint density at radius 3 is 2.25 bits per heavy atom. The molecule has 0 fully saturated rings. The molecule has 0 amide bonds. The van der Waals surface area contributed by atoms with Crippen LogP contribution in [0.3, 0.4) is 0 Å². The highest BCUT2D eigenvalue weighted by Crippen LogP contribution is 2.48. The third kappa shape index (κ3) is 3.20. The van der Waals surface area contributed by atoms with Crippen LogP contribution in [-0.2, 0) is 9.84 Å². The second-order valence-electron chi connectivity index (χ2n) is 7.56. The van der Waals surface area contributed by atoms with Crippen LogP contribution in [0.4, 0.5) is 0 Å². The van der Waals surface area contributed by atoms with Crippen LogP contribution in [0.25, 0.3) is 10.8 Å². The lowest BCUT2D eigenvalue weighted by Gasteiger charge is -2.30. The van der Waals surface area contributed by atoms with E-state index >= 15 is 0 Å². The Labute approximate surface area is 186 Å². The van der Waals surface area contributed by atoms with E-state index in [9.17, 15) is 8.42 Å². The maximum Gasteiger partial charge on any atom is 0.208 e. The van der Waals surface area contributed by atoms with Gasteiger partial charge in [-0.2, -0.15) is 0 Å². The normalized spacial score (nSPS) is 15.8. The number of fused-ring (bicyclic) bond motifs is 3. The van der Waals surface area contributed by atoms with Crippen LogP contribution in [-0.4, -0.2) is 15.5 Å². The Balaban J connectivity index is 1.79. The van der Waals surface area contributed by atoms with Gasteiger partial charge in [0.1, 0.15) is 16.4 Å². The van der Waals surface area contributed by atoms with Gasteiger partial charge in [0, 0.05) is 10.9 Å². The molecule has 5 rings (SSSR count). The van der Waals surface area contributed by atoms with E-state index in [1.807, 2.05) is 60.7 Å². The number of sulfone groups is 1. The van der Waals surface area contributed by atoms with Crippen molar-refractivity contribution in [3.8, 4) is 11.5 Å². The van der Waals surface area contributed by atoms with E-state index in [4.69, 9.17) is 15.2 Å². The number of allylic oxidation sites excluding steroid dienone is 1. The second kappa shape index (κ2) is 7.73. The average molecular weight is 444 g/mol. The molecule has 4 aromatic rings. The van der Waals surface area contributed by atoms with Gasteiger partial charge < -0.3 is 15.2 Å². The molecular weight excluding hydrogens is 422 g/mol. The highest BCUT2D eigenvalue weighted by Gasteiger charge is 2.39. The molecule has 0 saturated carbocycles. The fourth-order valence-corrected chi connectivity index (χ4v) is 5.84. The van der Waals surface area contributed by atoms with E-state index in [0.29, 0.717) is 11.5 Å². The SMILES string of the molecule is COc1ccc(C2C(S(=O)(=O)c3ccccc3)=C(N)Oc3c2ccc2ccccc32)cc1. The Morgan fingerprint density at radius 2 is 1.53 bits per heavy atom. The molecule has 1 atom stereocenters. The van der Waals surface area contributed by atoms with Gasteiger partial charge in [0.05, 0.1) is 17.9 Å². The van der Waals surface area contributed by atoms with Crippen molar-refractivity contribution in [2.75, 3.05) is 7.11 Å². The Bertz CT molecular complexity index is 1440. The Morgan fingerprint density at radius 1 is 0.844 bits per heavy atom. The summed E-state index contributed by atoms with van der Waals surface area (Å²) in [7, 11) is -2.33. The van der Waals surface area contributed by atoms with Crippen LogP contribution in [0.15, 0.2) is 107 Å². The minimum atomic E-state index is -3.92. The standard InChI is InChI=1S/C26H21NO4S/c1-30-19-14-11-18(12-15-19)23-22-16-13-17-7-5-6-10-21(17)24(22)31-26(27)25(23)32(28,29)20-8-3-2-4-9-20/h2-16,23H,27H2,1H3. The molecule has 4 aromatic carbocycles. The number of ether oxygens (including phenoxy) is 2. The van der Waals surface area contributed by atoms with Gasteiger partial charge in [0.25, 0.3) is 0 Å². The summed E-state index contributed by atoms with van der Waals surface area (Å²) in [6.45, 7) is 0. The molecule has 160 valence electrons. The highest BCUT2D eigenvalue weighted by atomic mass is 32.2. The largest absolute Gasteiger partial charge is 0.497 e. The lowest BCUT2D eigenvalue weighted by molar-refractivity contribution is 0.399. The van der Waals surface area contributed by atoms with Gasteiger partial charge in [0.15, 0.2) is 0 Å². The molecule has 0 bridgehead atoms. The van der Waals surface area contributed by atoms with Crippen LogP contribution in [0, 0.1) is 0 Å². The van der Waals surface area contributed by atoms with Crippen LogP contribution < -0.4 is 15.2 Å². The van der Waals surface area contributed by atoms with Crippen molar-refractivity contribution < 1.29 is 17.9 Å². The van der Waals surface area contributed by atoms with E-state index < -0.39 is 15.8 Å². The summed E-state index contributed by atoms with van der Waals surface area (Å²) in [5.74, 6) is 0.524. The zero-order valence-electron chi connectivity index (χ0n) is 17.4. The Hall–Kier alpha value is -3.77. The predicted molar refractivity (Wildman–Crippen MR) is 124 cm³/mol. The molecule has 32 heavy (non-hydrogen) atoms. The number of hydrogen-bond acceptors (Lipinski definition) is 5. The lowest BCUT2D eigenvalue weighted by atomic mass is 9.87. The lowest BCUT2D eigenvalue weighted by Crippen LogP contribution is -2.26. The third-order valence-corrected chi connectivity index (χ3v) is 7.64. The minimum Gasteiger partial charge on any atom is -0.497 e. The van der Waals surface area contributed by atoms with E-state index in [2.05, 4.69) is 0 Å². The van der Waals surface area contributed by atoms with Crippen molar-refractivity contribution in [1.82, 2.24) is 0 Å². The molecule has 2 N–H and O–H groups in total. The summed E-state index contributed by atoms with van der Waals surface area (Å²) in [6.07, 6.45) is 0. The van der Waals surface area contributed by atoms with E-state index in [0.717, 1.165) is 21.9 Å². The minimum absolute atomic E-state index is 0.0386. The number of benzene rings is 4. The van der Waals surface area contributed by atoms with Gasteiger partial charge in [-0.15, -0.1) is 0 Å².